The van der Waals surface area contributed by atoms with E-state index >= 15 is 0 Å². The molecule has 0 saturated carbocycles. The Balaban J connectivity index is 1.37. The summed E-state index contributed by atoms with van der Waals surface area (Å²) < 4.78 is 1.39. The molecule has 0 aliphatic rings. The van der Waals surface area contributed by atoms with Crippen molar-refractivity contribution in [2.45, 2.75) is 26.4 Å². The number of pyridine rings is 1. The maximum atomic E-state index is 13.0. The predicted octanol–water partition coefficient (Wildman–Crippen LogP) is 2.01. The maximum Gasteiger partial charge on any atom is 0.293 e. The monoisotopic (exact) mass is 460 g/mol. The van der Waals surface area contributed by atoms with Gasteiger partial charge < -0.3 is 20.7 Å². The summed E-state index contributed by atoms with van der Waals surface area (Å²) in [5, 5.41) is 16.6. The summed E-state index contributed by atoms with van der Waals surface area (Å²) in [6.45, 7) is 2.24. The first-order chi connectivity index (χ1) is 16.5. The minimum absolute atomic E-state index is 0.0209. The number of hydrogen-bond acceptors (Lipinski definition) is 6. The number of aliphatic hydroxyl groups excluding tert-OH is 1. The second-order valence-corrected chi connectivity index (χ2v) is 8.28. The molecule has 9 heteroatoms. The second-order valence-electron chi connectivity index (χ2n) is 8.28. The summed E-state index contributed by atoms with van der Waals surface area (Å²) >= 11 is 0. The van der Waals surface area contributed by atoms with Gasteiger partial charge in [-0.25, -0.2) is 4.98 Å². The van der Waals surface area contributed by atoms with Crippen molar-refractivity contribution < 1.29 is 9.90 Å². The van der Waals surface area contributed by atoms with Gasteiger partial charge in [-0.15, -0.1) is 0 Å². The zero-order valence-corrected chi connectivity index (χ0v) is 19.0. The number of aromatic nitrogens is 4. The van der Waals surface area contributed by atoms with Gasteiger partial charge in [0.15, 0.2) is 5.82 Å². The molecule has 3 aromatic heterocycles. The number of hydrogen-bond donors (Lipinski definition) is 4. The molecule has 3 heterocycles. The van der Waals surface area contributed by atoms with Gasteiger partial charge in [-0.1, -0.05) is 30.3 Å². The molecule has 1 amide bonds. The SMILES string of the molecule is Cc1cnc(NCC(CO)Cc2ccccc2)c(=O)n1CC(=O)NCc1cc2cc[nH]c2cn1. The van der Waals surface area contributed by atoms with E-state index in [1.165, 1.54) is 4.57 Å². The normalized spacial score (nSPS) is 11.9. The lowest BCUT2D eigenvalue weighted by Gasteiger charge is -2.17. The van der Waals surface area contributed by atoms with Gasteiger partial charge in [-0.2, -0.15) is 0 Å². The minimum atomic E-state index is -0.376. The Morgan fingerprint density at radius 1 is 1.18 bits per heavy atom. The highest BCUT2D eigenvalue weighted by molar-refractivity contribution is 5.79. The number of benzene rings is 1. The van der Waals surface area contributed by atoms with Crippen LogP contribution in [0.4, 0.5) is 5.82 Å². The first kappa shape index (κ1) is 23.2. The quantitative estimate of drug-likeness (QED) is 0.287. The number of H-pyrrole nitrogens is 1. The first-order valence-electron chi connectivity index (χ1n) is 11.2. The average Bonchev–Trinajstić information content (AvgIpc) is 3.32. The zero-order valence-electron chi connectivity index (χ0n) is 19.0. The van der Waals surface area contributed by atoms with Gasteiger partial charge in [-0.05, 0) is 31.0 Å². The van der Waals surface area contributed by atoms with Crippen LogP contribution in [0.5, 0.6) is 0 Å². The fourth-order valence-corrected chi connectivity index (χ4v) is 3.76. The van der Waals surface area contributed by atoms with E-state index in [2.05, 4.69) is 25.6 Å². The molecule has 9 nitrogen and oxygen atoms in total. The van der Waals surface area contributed by atoms with Gasteiger partial charge >= 0.3 is 0 Å². The lowest BCUT2D eigenvalue weighted by molar-refractivity contribution is -0.121. The highest BCUT2D eigenvalue weighted by atomic mass is 16.3. The largest absolute Gasteiger partial charge is 0.396 e. The Morgan fingerprint density at radius 2 is 2.00 bits per heavy atom. The maximum absolute atomic E-state index is 13.0. The summed E-state index contributed by atoms with van der Waals surface area (Å²) in [6.07, 6.45) is 5.80. The molecule has 0 fully saturated rings. The van der Waals surface area contributed by atoms with E-state index in [9.17, 15) is 14.7 Å². The van der Waals surface area contributed by atoms with Crippen molar-refractivity contribution in [3.05, 3.63) is 88.4 Å². The molecule has 34 heavy (non-hydrogen) atoms. The van der Waals surface area contributed by atoms with Crippen molar-refractivity contribution >= 4 is 22.6 Å². The Morgan fingerprint density at radius 3 is 2.79 bits per heavy atom. The van der Waals surface area contributed by atoms with Crippen LogP contribution in [0.2, 0.25) is 0 Å². The number of fused-ring (bicyclic) bond motifs is 1. The number of amides is 1. The van der Waals surface area contributed by atoms with Crippen molar-refractivity contribution in [3.63, 3.8) is 0 Å². The van der Waals surface area contributed by atoms with Crippen LogP contribution in [0, 0.1) is 12.8 Å². The van der Waals surface area contributed by atoms with Crippen LogP contribution in [0.3, 0.4) is 0 Å². The third-order valence-corrected chi connectivity index (χ3v) is 5.70. The van der Waals surface area contributed by atoms with Crippen LogP contribution in [0.25, 0.3) is 10.9 Å². The molecule has 0 aliphatic heterocycles. The van der Waals surface area contributed by atoms with E-state index in [1.807, 2.05) is 48.7 Å². The van der Waals surface area contributed by atoms with Gasteiger partial charge in [-0.3, -0.25) is 19.1 Å². The number of rotatable bonds is 10. The molecule has 1 atom stereocenters. The number of aromatic amines is 1. The third-order valence-electron chi connectivity index (χ3n) is 5.70. The van der Waals surface area contributed by atoms with Crippen LogP contribution in [-0.4, -0.2) is 43.7 Å². The fourth-order valence-electron chi connectivity index (χ4n) is 3.76. The van der Waals surface area contributed by atoms with Gasteiger partial charge in [0.2, 0.25) is 5.91 Å². The topological polar surface area (TPSA) is 125 Å². The molecule has 0 aliphatic carbocycles. The summed E-state index contributed by atoms with van der Waals surface area (Å²) in [6, 6.07) is 13.7. The molecule has 4 rings (SSSR count). The minimum Gasteiger partial charge on any atom is -0.396 e. The van der Waals surface area contributed by atoms with Crippen molar-refractivity contribution in [2.24, 2.45) is 5.92 Å². The fraction of sp³-hybridized carbons (Fsp3) is 0.280. The van der Waals surface area contributed by atoms with Crippen molar-refractivity contribution in [1.82, 2.24) is 24.8 Å². The van der Waals surface area contributed by atoms with Gasteiger partial charge in [0.1, 0.15) is 6.54 Å². The van der Waals surface area contributed by atoms with Crippen LogP contribution < -0.4 is 16.2 Å². The standard InChI is InChI=1S/C25H28N6O3/c1-17-11-29-24(30-12-19(16-32)9-18-5-3-2-4-6-18)25(34)31(17)15-23(33)28-13-21-10-20-7-8-26-22(20)14-27-21/h2-8,10-11,14,19,26,32H,9,12-13,15-16H2,1H3,(H,28,33)(H,29,30). The van der Waals surface area contributed by atoms with Crippen molar-refractivity contribution in [3.8, 4) is 0 Å². The highest BCUT2D eigenvalue weighted by Crippen LogP contribution is 2.12. The van der Waals surface area contributed by atoms with Gasteiger partial charge in [0.05, 0.1) is 24.0 Å². The summed E-state index contributed by atoms with van der Waals surface area (Å²) in [5.41, 5.74) is 2.98. The molecule has 4 aromatic rings. The lowest BCUT2D eigenvalue weighted by atomic mass is 10.0. The smallest absolute Gasteiger partial charge is 0.293 e. The van der Waals surface area contributed by atoms with Crippen LogP contribution in [-0.2, 0) is 24.3 Å². The molecular weight excluding hydrogens is 432 g/mol. The number of nitrogens with one attached hydrogen (secondary N) is 3. The third kappa shape index (κ3) is 5.68. The van der Waals surface area contributed by atoms with E-state index in [1.54, 1.807) is 19.3 Å². The Labute approximate surface area is 196 Å². The van der Waals surface area contributed by atoms with Gasteiger partial charge in [0.25, 0.3) is 5.56 Å². The molecule has 1 unspecified atom stereocenters. The number of aliphatic hydroxyl groups is 1. The molecule has 0 saturated heterocycles. The number of aryl methyl sites for hydroxylation is 1. The zero-order chi connectivity index (χ0) is 23.9. The molecule has 0 radical (unpaired) electrons. The second kappa shape index (κ2) is 10.8. The van der Waals surface area contributed by atoms with E-state index in [-0.39, 0.29) is 42.9 Å². The van der Waals surface area contributed by atoms with E-state index in [4.69, 9.17) is 0 Å². The average molecular weight is 461 g/mol. The van der Waals surface area contributed by atoms with Crippen LogP contribution >= 0.6 is 0 Å². The summed E-state index contributed by atoms with van der Waals surface area (Å²) in [7, 11) is 0. The van der Waals surface area contributed by atoms with Crippen molar-refractivity contribution in [2.75, 3.05) is 18.5 Å². The van der Waals surface area contributed by atoms with Crippen LogP contribution in [0.15, 0.2) is 65.8 Å². The summed E-state index contributed by atoms with van der Waals surface area (Å²) in [4.78, 5) is 37.1. The molecule has 0 bridgehead atoms. The Bertz CT molecular complexity index is 1320. The van der Waals surface area contributed by atoms with Crippen LogP contribution in [0.1, 0.15) is 17.0 Å². The number of carbonyl (C=O) groups excluding carboxylic acids is 1. The molecular formula is C25H28N6O3. The molecule has 0 spiro atoms. The number of nitrogens with zero attached hydrogens (tertiary/aromatic N) is 3. The molecule has 176 valence electrons. The van der Waals surface area contributed by atoms with Crippen molar-refractivity contribution in [1.29, 1.82) is 0 Å². The lowest BCUT2D eigenvalue weighted by Crippen LogP contribution is -2.35. The van der Waals surface area contributed by atoms with Gasteiger partial charge in [0, 0.05) is 42.5 Å². The van der Waals surface area contributed by atoms with E-state index in [0.29, 0.717) is 18.7 Å². The number of anilines is 1. The van der Waals surface area contributed by atoms with E-state index in [0.717, 1.165) is 22.2 Å². The molecule has 4 N–H and O–H groups in total. The first-order valence-corrected chi connectivity index (χ1v) is 11.2. The predicted molar refractivity (Wildman–Crippen MR) is 130 cm³/mol. The Hall–Kier alpha value is -3.98. The van der Waals surface area contributed by atoms with E-state index < -0.39 is 0 Å². The molecule has 1 aromatic carbocycles. The summed E-state index contributed by atoms with van der Waals surface area (Å²) in [5.74, 6) is -0.216. The number of carbonyl (C=O) groups is 1. The highest BCUT2D eigenvalue weighted by Gasteiger charge is 2.14. The Kier molecular flexibility index (Phi) is 7.34.